The Kier molecular flexibility index (Phi) is 11.3. The minimum atomic E-state index is -1.00. The van der Waals surface area contributed by atoms with Crippen molar-refractivity contribution in [1.82, 2.24) is 5.32 Å². The third kappa shape index (κ3) is 8.81. The Morgan fingerprint density at radius 1 is 0.862 bits per heavy atom. The number of carbonyl (C=O) groups excluding carboxylic acids is 4. The van der Waals surface area contributed by atoms with Crippen molar-refractivity contribution in [2.45, 2.75) is 90.6 Å². The van der Waals surface area contributed by atoms with E-state index in [4.69, 9.17) is 18.9 Å². The largest absolute Gasteiger partial charge is 0.463 e. The van der Waals surface area contributed by atoms with Gasteiger partial charge in [0.25, 0.3) is 0 Å². The fraction of sp³-hybridized carbons (Fsp3) is 0.800. The number of hydrogen-bond donors (Lipinski definition) is 1. The van der Waals surface area contributed by atoms with Gasteiger partial charge in [-0.15, -0.1) is 0 Å². The molecule has 9 heteroatoms. The van der Waals surface area contributed by atoms with Crippen molar-refractivity contribution in [2.75, 3.05) is 13.2 Å². The monoisotopic (exact) mass is 415 g/mol. The molecule has 9 nitrogen and oxygen atoms in total. The van der Waals surface area contributed by atoms with E-state index in [1.165, 1.54) is 6.92 Å². The Balaban J connectivity index is 3.04. The lowest BCUT2D eigenvalue weighted by Crippen LogP contribution is -2.62. The van der Waals surface area contributed by atoms with Crippen molar-refractivity contribution < 1.29 is 38.1 Å². The minimum Gasteiger partial charge on any atom is -0.463 e. The summed E-state index contributed by atoms with van der Waals surface area (Å²) in [6.07, 6.45) is -0.311. The molecule has 29 heavy (non-hydrogen) atoms. The smallest absolute Gasteiger partial charge is 0.306 e. The number of esters is 3. The molecule has 1 amide bonds. The zero-order chi connectivity index (χ0) is 21.8. The number of ether oxygens (including phenoxy) is 4. The minimum absolute atomic E-state index is 0.0292. The fourth-order valence-corrected chi connectivity index (χ4v) is 2.96. The number of carbonyl (C=O) groups is 4. The normalized spacial score (nSPS) is 23.7. The third-order valence-electron chi connectivity index (χ3n) is 4.27. The lowest BCUT2D eigenvalue weighted by atomic mass is 9.97. The second kappa shape index (κ2) is 13.1. The van der Waals surface area contributed by atoms with Gasteiger partial charge in [-0.05, 0) is 19.3 Å². The molecule has 0 aromatic carbocycles. The van der Waals surface area contributed by atoms with E-state index in [0.717, 1.165) is 0 Å². The molecule has 1 heterocycles. The highest BCUT2D eigenvalue weighted by Gasteiger charge is 2.46. The fourth-order valence-electron chi connectivity index (χ4n) is 2.96. The van der Waals surface area contributed by atoms with Crippen LogP contribution in [-0.4, -0.2) is 61.4 Å². The SMILES string of the molecule is CCCC(=O)OC[C@@H]1OC[C@@H](NC(C)=O)[C@H](OC(=O)CCC)[C@H]1OC(=O)CCC. The second-order valence-corrected chi connectivity index (χ2v) is 7.02. The van der Waals surface area contributed by atoms with Crippen LogP contribution in [0.5, 0.6) is 0 Å². The first-order valence-corrected chi connectivity index (χ1v) is 10.3. The van der Waals surface area contributed by atoms with Crippen LogP contribution in [0.15, 0.2) is 0 Å². The second-order valence-electron chi connectivity index (χ2n) is 7.02. The molecule has 4 atom stereocenters. The van der Waals surface area contributed by atoms with Gasteiger partial charge < -0.3 is 24.3 Å². The molecule has 0 saturated carbocycles. The van der Waals surface area contributed by atoms with Gasteiger partial charge >= 0.3 is 17.9 Å². The van der Waals surface area contributed by atoms with Crippen molar-refractivity contribution in [1.29, 1.82) is 0 Å². The molecule has 1 rings (SSSR count). The number of rotatable bonds is 11. The van der Waals surface area contributed by atoms with Crippen LogP contribution in [-0.2, 0) is 38.1 Å². The Morgan fingerprint density at radius 3 is 1.90 bits per heavy atom. The lowest BCUT2D eigenvalue weighted by molar-refractivity contribution is -0.209. The maximum Gasteiger partial charge on any atom is 0.306 e. The Labute approximate surface area is 171 Å². The summed E-state index contributed by atoms with van der Waals surface area (Å²) in [6, 6.07) is -0.685. The highest BCUT2D eigenvalue weighted by molar-refractivity contribution is 5.74. The average molecular weight is 415 g/mol. The van der Waals surface area contributed by atoms with Gasteiger partial charge in [0.05, 0.1) is 12.6 Å². The summed E-state index contributed by atoms with van der Waals surface area (Å²) < 4.78 is 22.1. The van der Waals surface area contributed by atoms with Crippen LogP contribution >= 0.6 is 0 Å². The van der Waals surface area contributed by atoms with Crippen LogP contribution in [0.4, 0.5) is 0 Å². The molecule has 1 fully saturated rings. The van der Waals surface area contributed by atoms with Crippen molar-refractivity contribution in [3.63, 3.8) is 0 Å². The third-order valence-corrected chi connectivity index (χ3v) is 4.27. The summed E-state index contributed by atoms with van der Waals surface area (Å²) in [6.45, 7) is 6.75. The summed E-state index contributed by atoms with van der Waals surface area (Å²) in [4.78, 5) is 47.7. The zero-order valence-electron chi connectivity index (χ0n) is 17.7. The maximum atomic E-state index is 12.2. The van der Waals surface area contributed by atoms with Crippen molar-refractivity contribution in [3.05, 3.63) is 0 Å². The Morgan fingerprint density at radius 2 is 1.38 bits per heavy atom. The molecule has 0 unspecified atom stereocenters. The summed E-state index contributed by atoms with van der Waals surface area (Å²) >= 11 is 0. The first-order valence-electron chi connectivity index (χ1n) is 10.3. The standard InChI is InChI=1S/C20H33NO8/c1-5-8-16(23)27-12-15-20(29-18(25)10-7-3)19(28-17(24)9-6-2)14(11-26-15)21-13(4)22/h14-15,19-20H,5-12H2,1-4H3,(H,21,22)/t14-,15+,19+,20+/m1/s1. The van der Waals surface area contributed by atoms with Gasteiger partial charge in [0, 0.05) is 26.2 Å². The summed E-state index contributed by atoms with van der Waals surface area (Å²) in [7, 11) is 0. The van der Waals surface area contributed by atoms with Crippen LogP contribution < -0.4 is 5.32 Å². The van der Waals surface area contributed by atoms with Crippen LogP contribution in [0, 0.1) is 0 Å². The first kappa shape index (κ1) is 24.9. The summed E-state index contributed by atoms with van der Waals surface area (Å²) in [5.41, 5.74) is 0. The van der Waals surface area contributed by atoms with Gasteiger partial charge in [-0.1, -0.05) is 20.8 Å². The quantitative estimate of drug-likeness (QED) is 0.400. The average Bonchev–Trinajstić information content (AvgIpc) is 2.63. The van der Waals surface area contributed by atoms with Gasteiger partial charge in [-0.3, -0.25) is 19.2 Å². The predicted octanol–water partition coefficient (Wildman–Crippen LogP) is 1.66. The molecule has 0 radical (unpaired) electrons. The topological polar surface area (TPSA) is 117 Å². The van der Waals surface area contributed by atoms with E-state index in [9.17, 15) is 19.2 Å². The van der Waals surface area contributed by atoms with E-state index in [2.05, 4.69) is 5.32 Å². The molecule has 0 spiro atoms. The lowest BCUT2D eigenvalue weighted by Gasteiger charge is -2.41. The van der Waals surface area contributed by atoms with Gasteiger partial charge in [-0.25, -0.2) is 0 Å². The van der Waals surface area contributed by atoms with Gasteiger partial charge in [0.15, 0.2) is 12.2 Å². The number of nitrogens with one attached hydrogen (secondary N) is 1. The number of hydrogen-bond acceptors (Lipinski definition) is 8. The van der Waals surface area contributed by atoms with Crippen LogP contribution in [0.25, 0.3) is 0 Å². The molecule has 0 aromatic rings. The van der Waals surface area contributed by atoms with E-state index in [0.29, 0.717) is 19.3 Å². The molecule has 0 bridgehead atoms. The molecular formula is C20H33NO8. The summed E-state index contributed by atoms with van der Waals surface area (Å²) in [5.74, 6) is -1.67. The van der Waals surface area contributed by atoms with Crippen LogP contribution in [0.1, 0.15) is 66.2 Å². The Hall–Kier alpha value is -2.16. The van der Waals surface area contributed by atoms with Crippen LogP contribution in [0.2, 0.25) is 0 Å². The zero-order valence-corrected chi connectivity index (χ0v) is 17.7. The summed E-state index contributed by atoms with van der Waals surface area (Å²) in [5, 5.41) is 2.68. The van der Waals surface area contributed by atoms with Crippen LogP contribution in [0.3, 0.4) is 0 Å². The van der Waals surface area contributed by atoms with E-state index in [-0.39, 0.29) is 38.4 Å². The van der Waals surface area contributed by atoms with Gasteiger partial charge in [0.1, 0.15) is 12.7 Å². The Bertz CT molecular complexity index is 565. The van der Waals surface area contributed by atoms with E-state index in [1.807, 2.05) is 20.8 Å². The van der Waals surface area contributed by atoms with E-state index in [1.54, 1.807) is 0 Å². The molecule has 0 aromatic heterocycles. The highest BCUT2D eigenvalue weighted by atomic mass is 16.6. The van der Waals surface area contributed by atoms with Crippen molar-refractivity contribution in [2.24, 2.45) is 0 Å². The molecular weight excluding hydrogens is 382 g/mol. The van der Waals surface area contributed by atoms with E-state index >= 15 is 0 Å². The molecule has 1 N–H and O–H groups in total. The van der Waals surface area contributed by atoms with Crippen molar-refractivity contribution >= 4 is 23.8 Å². The molecule has 1 saturated heterocycles. The molecule has 1 aliphatic heterocycles. The van der Waals surface area contributed by atoms with Gasteiger partial charge in [0.2, 0.25) is 5.91 Å². The molecule has 0 aliphatic carbocycles. The molecule has 166 valence electrons. The highest BCUT2D eigenvalue weighted by Crippen LogP contribution is 2.24. The number of amides is 1. The molecule has 1 aliphatic rings. The van der Waals surface area contributed by atoms with E-state index < -0.39 is 42.3 Å². The first-order chi connectivity index (χ1) is 13.8. The van der Waals surface area contributed by atoms with Gasteiger partial charge in [-0.2, -0.15) is 0 Å². The maximum absolute atomic E-state index is 12.2. The van der Waals surface area contributed by atoms with Crippen molar-refractivity contribution in [3.8, 4) is 0 Å². The predicted molar refractivity (Wildman–Crippen MR) is 103 cm³/mol.